The predicted octanol–water partition coefficient (Wildman–Crippen LogP) is 2.78. The van der Waals surface area contributed by atoms with Gasteiger partial charge in [-0.2, -0.15) is 0 Å². The monoisotopic (exact) mass is 273 g/mol. The third-order valence-corrected chi connectivity index (χ3v) is 2.63. The van der Waals surface area contributed by atoms with Crippen LogP contribution in [0.3, 0.4) is 0 Å². The molecule has 1 atom stereocenters. The summed E-state index contributed by atoms with van der Waals surface area (Å²) in [6.07, 6.45) is -0.0819. The molecule has 0 spiro atoms. The van der Waals surface area contributed by atoms with Crippen LogP contribution < -0.4 is 10.5 Å². The van der Waals surface area contributed by atoms with E-state index in [-0.39, 0.29) is 11.1 Å². The number of halogens is 1. The van der Waals surface area contributed by atoms with Crippen molar-refractivity contribution in [2.24, 2.45) is 5.73 Å². The minimum absolute atomic E-state index is 0.0819. The van der Waals surface area contributed by atoms with Crippen LogP contribution in [0.5, 0.6) is 5.75 Å². The zero-order valence-corrected chi connectivity index (χ0v) is 11.5. The molecule has 0 aliphatic heterocycles. The van der Waals surface area contributed by atoms with Gasteiger partial charge in [0, 0.05) is 6.61 Å². The molecule has 1 rings (SSSR count). The molecule has 0 fully saturated rings. The summed E-state index contributed by atoms with van der Waals surface area (Å²) in [5, 5.41) is 0.499. The largest absolute Gasteiger partial charge is 0.488 e. The molecule has 5 heteroatoms. The predicted molar refractivity (Wildman–Crippen MR) is 73.9 cm³/mol. The van der Waals surface area contributed by atoms with Crippen molar-refractivity contribution in [3.05, 3.63) is 28.8 Å². The maximum atomic E-state index is 6.03. The maximum Gasteiger partial charge on any atom is 0.131 e. The Hall–Kier alpha value is -0.840. The minimum atomic E-state index is -0.0819. The van der Waals surface area contributed by atoms with Crippen LogP contribution in [0.4, 0.5) is 0 Å². The highest BCUT2D eigenvalue weighted by Crippen LogP contribution is 2.27. The molecule has 0 saturated heterocycles. The fraction of sp³-hybridized carbons (Fsp3) is 0.417. The number of nitrogens with two attached hydrogens (primary N) is 1. The molecule has 1 aromatic rings. The number of benzene rings is 1. The zero-order valence-electron chi connectivity index (χ0n) is 9.90. The summed E-state index contributed by atoms with van der Waals surface area (Å²) in [6.45, 7) is 5.03. The van der Waals surface area contributed by atoms with Crippen LogP contribution in [0.25, 0.3) is 0 Å². The third-order valence-electron chi connectivity index (χ3n) is 2.11. The van der Waals surface area contributed by atoms with Gasteiger partial charge in [0.15, 0.2) is 0 Å². The molecule has 0 heterocycles. The lowest BCUT2D eigenvalue weighted by molar-refractivity contribution is 0.0656. The second-order valence-electron chi connectivity index (χ2n) is 3.57. The first-order valence-corrected chi connectivity index (χ1v) is 6.17. The van der Waals surface area contributed by atoms with Crippen LogP contribution in [-0.4, -0.2) is 24.3 Å². The summed E-state index contributed by atoms with van der Waals surface area (Å²) in [4.78, 5) is 0.231. The van der Waals surface area contributed by atoms with E-state index in [0.29, 0.717) is 29.5 Å². The lowest BCUT2D eigenvalue weighted by Crippen LogP contribution is -2.21. The number of hydrogen-bond acceptors (Lipinski definition) is 3. The highest BCUT2D eigenvalue weighted by Gasteiger charge is 2.13. The van der Waals surface area contributed by atoms with E-state index in [4.69, 9.17) is 39.0 Å². The molecular formula is C12H16ClNO2S. The van der Waals surface area contributed by atoms with E-state index >= 15 is 0 Å². The molecule has 0 aliphatic rings. The SMILES string of the molecule is CCOCC(C)Oc1cccc(Cl)c1C(N)=S. The Morgan fingerprint density at radius 1 is 1.53 bits per heavy atom. The van der Waals surface area contributed by atoms with E-state index in [9.17, 15) is 0 Å². The number of hydrogen-bond donors (Lipinski definition) is 1. The van der Waals surface area contributed by atoms with Gasteiger partial charge in [0.25, 0.3) is 0 Å². The van der Waals surface area contributed by atoms with Crippen molar-refractivity contribution in [2.45, 2.75) is 20.0 Å². The summed E-state index contributed by atoms with van der Waals surface area (Å²) in [7, 11) is 0. The normalized spacial score (nSPS) is 12.2. The first-order valence-electron chi connectivity index (χ1n) is 5.39. The van der Waals surface area contributed by atoms with Crippen molar-refractivity contribution in [3.8, 4) is 5.75 Å². The molecule has 94 valence electrons. The van der Waals surface area contributed by atoms with Crippen molar-refractivity contribution < 1.29 is 9.47 Å². The van der Waals surface area contributed by atoms with Crippen molar-refractivity contribution in [1.29, 1.82) is 0 Å². The molecule has 3 nitrogen and oxygen atoms in total. The van der Waals surface area contributed by atoms with Gasteiger partial charge in [-0.1, -0.05) is 29.9 Å². The Kier molecular flexibility index (Phi) is 5.68. The van der Waals surface area contributed by atoms with E-state index in [1.54, 1.807) is 18.2 Å². The van der Waals surface area contributed by atoms with E-state index in [1.165, 1.54) is 0 Å². The first-order chi connectivity index (χ1) is 8.06. The summed E-state index contributed by atoms with van der Waals surface area (Å²) in [5.74, 6) is 0.595. The lowest BCUT2D eigenvalue weighted by Gasteiger charge is -2.17. The van der Waals surface area contributed by atoms with Crippen molar-refractivity contribution in [3.63, 3.8) is 0 Å². The maximum absolute atomic E-state index is 6.03. The van der Waals surface area contributed by atoms with E-state index in [0.717, 1.165) is 0 Å². The lowest BCUT2D eigenvalue weighted by atomic mass is 10.2. The number of rotatable bonds is 6. The van der Waals surface area contributed by atoms with E-state index in [1.807, 2.05) is 13.8 Å². The Balaban J connectivity index is 2.83. The van der Waals surface area contributed by atoms with Gasteiger partial charge in [-0.05, 0) is 26.0 Å². The van der Waals surface area contributed by atoms with Crippen LogP contribution in [0.1, 0.15) is 19.4 Å². The first kappa shape index (κ1) is 14.2. The Bertz CT molecular complexity index is 398. The molecule has 0 saturated carbocycles. The van der Waals surface area contributed by atoms with Gasteiger partial charge in [0.1, 0.15) is 16.8 Å². The quantitative estimate of drug-likeness (QED) is 0.810. The Labute approximate surface area is 112 Å². The van der Waals surface area contributed by atoms with Crippen molar-refractivity contribution >= 4 is 28.8 Å². The van der Waals surface area contributed by atoms with Crippen LogP contribution in [0.2, 0.25) is 5.02 Å². The molecule has 0 aromatic heterocycles. The van der Waals surface area contributed by atoms with Gasteiger partial charge in [-0.25, -0.2) is 0 Å². The average Bonchev–Trinajstić information content (AvgIpc) is 2.25. The zero-order chi connectivity index (χ0) is 12.8. The number of ether oxygens (including phenoxy) is 2. The molecule has 17 heavy (non-hydrogen) atoms. The summed E-state index contributed by atoms with van der Waals surface area (Å²) < 4.78 is 11.0. The van der Waals surface area contributed by atoms with E-state index in [2.05, 4.69) is 0 Å². The summed E-state index contributed by atoms with van der Waals surface area (Å²) in [6, 6.07) is 5.33. The molecule has 0 radical (unpaired) electrons. The average molecular weight is 274 g/mol. The van der Waals surface area contributed by atoms with Crippen molar-refractivity contribution in [2.75, 3.05) is 13.2 Å². The van der Waals surface area contributed by atoms with Crippen LogP contribution in [-0.2, 0) is 4.74 Å². The fourth-order valence-electron chi connectivity index (χ4n) is 1.38. The molecule has 1 aromatic carbocycles. The van der Waals surface area contributed by atoms with E-state index < -0.39 is 0 Å². The molecule has 0 bridgehead atoms. The second-order valence-corrected chi connectivity index (χ2v) is 4.41. The van der Waals surface area contributed by atoms with Gasteiger partial charge in [0.2, 0.25) is 0 Å². The minimum Gasteiger partial charge on any atom is -0.488 e. The topological polar surface area (TPSA) is 44.5 Å². The molecule has 0 aliphatic carbocycles. The van der Waals surface area contributed by atoms with Gasteiger partial charge in [-0.15, -0.1) is 0 Å². The summed E-state index contributed by atoms with van der Waals surface area (Å²) >= 11 is 11.0. The standard InChI is InChI=1S/C12H16ClNO2S/c1-3-15-7-8(2)16-10-6-4-5-9(13)11(10)12(14)17/h4-6,8H,3,7H2,1-2H3,(H2,14,17). The molecule has 0 amide bonds. The molecule has 1 unspecified atom stereocenters. The Morgan fingerprint density at radius 3 is 2.82 bits per heavy atom. The second kappa shape index (κ2) is 6.79. The van der Waals surface area contributed by atoms with Crippen molar-refractivity contribution in [1.82, 2.24) is 0 Å². The summed E-state index contributed by atoms with van der Waals surface area (Å²) in [5.41, 5.74) is 6.20. The van der Waals surface area contributed by atoms with Gasteiger partial charge >= 0.3 is 0 Å². The highest BCUT2D eigenvalue weighted by atomic mass is 35.5. The Morgan fingerprint density at radius 2 is 2.24 bits per heavy atom. The van der Waals surface area contributed by atoms with Crippen LogP contribution >= 0.6 is 23.8 Å². The smallest absolute Gasteiger partial charge is 0.131 e. The fourth-order valence-corrected chi connectivity index (χ4v) is 1.91. The third kappa shape index (κ3) is 4.15. The van der Waals surface area contributed by atoms with Crippen LogP contribution in [0, 0.1) is 0 Å². The van der Waals surface area contributed by atoms with Gasteiger partial charge in [0.05, 0.1) is 17.2 Å². The number of thiocarbonyl (C=S) groups is 1. The van der Waals surface area contributed by atoms with Gasteiger partial charge < -0.3 is 15.2 Å². The van der Waals surface area contributed by atoms with Gasteiger partial charge in [-0.3, -0.25) is 0 Å². The molecular weight excluding hydrogens is 258 g/mol. The highest BCUT2D eigenvalue weighted by molar-refractivity contribution is 7.80. The van der Waals surface area contributed by atoms with Crippen LogP contribution in [0.15, 0.2) is 18.2 Å². The molecule has 2 N–H and O–H groups in total.